The van der Waals surface area contributed by atoms with Crippen LogP contribution in [-0.2, 0) is 10.0 Å². The van der Waals surface area contributed by atoms with Crippen molar-refractivity contribution >= 4 is 16.2 Å². The number of unbranched alkanes of at least 4 members (excludes halogenated alkanes) is 1. The Kier molecular flexibility index (Phi) is 6.31. The third-order valence-corrected chi connectivity index (χ3v) is 4.40. The molecule has 0 aliphatic carbocycles. The van der Waals surface area contributed by atoms with Crippen LogP contribution in [0.3, 0.4) is 0 Å². The van der Waals surface area contributed by atoms with E-state index < -0.39 is 15.8 Å². The third-order valence-electron chi connectivity index (χ3n) is 3.16. The van der Waals surface area contributed by atoms with Crippen molar-refractivity contribution in [3.05, 3.63) is 59.9 Å². The minimum Gasteiger partial charge on any atom is -0.494 e. The number of nitrogens with one attached hydrogen (secondary N) is 1. The molecule has 0 bridgehead atoms. The number of ether oxygens (including phenoxy) is 1. The van der Waals surface area contributed by atoms with E-state index in [1.807, 2.05) is 0 Å². The highest BCUT2D eigenvalue weighted by molar-refractivity contribution is 7.89. The summed E-state index contributed by atoms with van der Waals surface area (Å²) in [7, 11) is -3.81. The second kappa shape index (κ2) is 8.44. The molecule has 0 aliphatic rings. The lowest BCUT2D eigenvalue weighted by atomic mass is 10.2. The summed E-state index contributed by atoms with van der Waals surface area (Å²) in [6.07, 6.45) is 3.45. The summed E-state index contributed by atoms with van der Waals surface area (Å²) in [5.41, 5.74) is 0.722. The van der Waals surface area contributed by atoms with Crippen molar-refractivity contribution in [2.24, 2.45) is 5.10 Å². The lowest BCUT2D eigenvalue weighted by molar-refractivity contribution is 0.309. The summed E-state index contributed by atoms with van der Waals surface area (Å²) in [4.78, 5) is 2.03. The van der Waals surface area contributed by atoms with Gasteiger partial charge in [0.15, 0.2) is 0 Å². The van der Waals surface area contributed by atoms with Gasteiger partial charge in [0.25, 0.3) is 10.0 Å². The Hall–Kier alpha value is -2.41. The molecular weight excluding hydrogens is 331 g/mol. The van der Waals surface area contributed by atoms with Crippen LogP contribution in [-0.4, -0.2) is 21.2 Å². The minimum absolute atomic E-state index is 0.0549. The second-order valence-corrected chi connectivity index (χ2v) is 6.74. The van der Waals surface area contributed by atoms with Crippen LogP contribution in [0.5, 0.6) is 5.75 Å². The van der Waals surface area contributed by atoms with Gasteiger partial charge >= 0.3 is 0 Å². The number of hydrogen-bond donors (Lipinski definition) is 1. The molecule has 0 atom stereocenters. The topological polar surface area (TPSA) is 67.8 Å². The molecule has 24 heavy (non-hydrogen) atoms. The Morgan fingerprint density at radius 1 is 1.12 bits per heavy atom. The molecular formula is C17H19FN2O3S. The van der Waals surface area contributed by atoms with Crippen LogP contribution in [0.25, 0.3) is 0 Å². The summed E-state index contributed by atoms with van der Waals surface area (Å²) in [6.45, 7) is 2.76. The zero-order valence-corrected chi connectivity index (χ0v) is 14.1. The molecule has 0 saturated heterocycles. The minimum atomic E-state index is -3.81. The zero-order chi connectivity index (χ0) is 17.4. The Balaban J connectivity index is 1.94. The summed E-state index contributed by atoms with van der Waals surface area (Å²) in [5.74, 6) is 0.256. The van der Waals surface area contributed by atoms with Crippen molar-refractivity contribution in [1.82, 2.24) is 4.83 Å². The monoisotopic (exact) mass is 350 g/mol. The van der Waals surface area contributed by atoms with Gasteiger partial charge in [-0.3, -0.25) is 0 Å². The number of benzene rings is 2. The standard InChI is InChI=1S/C17H19FN2O3S/c1-2-3-12-23-16-8-4-14(5-9-16)13-19-20-24(21,22)17-10-6-15(18)7-11-17/h4-11,13,20H,2-3,12H2,1H3/b19-13+. The van der Waals surface area contributed by atoms with E-state index in [0.717, 1.165) is 36.3 Å². The summed E-state index contributed by atoms with van der Waals surface area (Å²) in [6, 6.07) is 11.7. The van der Waals surface area contributed by atoms with Crippen molar-refractivity contribution in [1.29, 1.82) is 0 Å². The quantitative estimate of drug-likeness (QED) is 0.451. The van der Waals surface area contributed by atoms with Crippen molar-refractivity contribution in [2.45, 2.75) is 24.7 Å². The van der Waals surface area contributed by atoms with E-state index in [1.54, 1.807) is 24.3 Å². The van der Waals surface area contributed by atoms with Crippen LogP contribution < -0.4 is 9.57 Å². The van der Waals surface area contributed by atoms with E-state index in [-0.39, 0.29) is 4.90 Å². The number of halogens is 1. The van der Waals surface area contributed by atoms with E-state index in [0.29, 0.717) is 6.61 Å². The van der Waals surface area contributed by atoms with Gasteiger partial charge in [-0.25, -0.2) is 9.22 Å². The highest BCUT2D eigenvalue weighted by Gasteiger charge is 2.12. The summed E-state index contributed by atoms with van der Waals surface area (Å²) in [5, 5.41) is 3.72. The Morgan fingerprint density at radius 3 is 2.42 bits per heavy atom. The molecule has 0 unspecified atom stereocenters. The fraction of sp³-hybridized carbons (Fsp3) is 0.235. The maximum Gasteiger partial charge on any atom is 0.276 e. The highest BCUT2D eigenvalue weighted by Crippen LogP contribution is 2.12. The van der Waals surface area contributed by atoms with Crippen molar-refractivity contribution in [2.75, 3.05) is 6.61 Å². The van der Waals surface area contributed by atoms with Gasteiger partial charge in [0, 0.05) is 0 Å². The van der Waals surface area contributed by atoms with Crippen molar-refractivity contribution < 1.29 is 17.5 Å². The molecule has 0 aromatic heterocycles. The van der Waals surface area contributed by atoms with E-state index >= 15 is 0 Å². The number of nitrogens with zero attached hydrogens (tertiary/aromatic N) is 1. The number of rotatable bonds is 8. The van der Waals surface area contributed by atoms with Crippen LogP contribution in [0, 0.1) is 5.82 Å². The Bertz CT molecular complexity index is 772. The predicted octanol–water partition coefficient (Wildman–Crippen LogP) is 3.32. The maximum atomic E-state index is 12.8. The van der Waals surface area contributed by atoms with Gasteiger partial charge in [0.05, 0.1) is 17.7 Å². The van der Waals surface area contributed by atoms with Crippen molar-refractivity contribution in [3.63, 3.8) is 0 Å². The molecule has 2 aromatic carbocycles. The SMILES string of the molecule is CCCCOc1ccc(/C=N/NS(=O)(=O)c2ccc(F)cc2)cc1. The van der Waals surface area contributed by atoms with Crippen LogP contribution in [0.1, 0.15) is 25.3 Å². The first-order valence-corrected chi connectivity index (χ1v) is 9.03. The fourth-order valence-corrected chi connectivity index (χ4v) is 2.61. The molecule has 0 saturated carbocycles. The first-order chi connectivity index (χ1) is 11.5. The van der Waals surface area contributed by atoms with Crippen LogP contribution in [0.15, 0.2) is 58.5 Å². The maximum absolute atomic E-state index is 12.8. The molecule has 0 amide bonds. The number of hydrazone groups is 1. The number of hydrogen-bond acceptors (Lipinski definition) is 4. The third kappa shape index (κ3) is 5.34. The average Bonchev–Trinajstić information content (AvgIpc) is 2.57. The molecule has 0 spiro atoms. The first-order valence-electron chi connectivity index (χ1n) is 7.54. The predicted molar refractivity (Wildman–Crippen MR) is 91.2 cm³/mol. The average molecular weight is 350 g/mol. The van der Waals surface area contributed by atoms with Gasteiger partial charge in [-0.1, -0.05) is 13.3 Å². The van der Waals surface area contributed by atoms with E-state index in [9.17, 15) is 12.8 Å². The lowest BCUT2D eigenvalue weighted by Gasteiger charge is -2.05. The zero-order valence-electron chi connectivity index (χ0n) is 13.3. The van der Waals surface area contributed by atoms with E-state index in [2.05, 4.69) is 16.9 Å². The lowest BCUT2D eigenvalue weighted by Crippen LogP contribution is -2.18. The molecule has 1 N–H and O–H groups in total. The van der Waals surface area contributed by atoms with Crippen molar-refractivity contribution in [3.8, 4) is 5.75 Å². The smallest absolute Gasteiger partial charge is 0.276 e. The van der Waals surface area contributed by atoms with Gasteiger partial charge in [0.1, 0.15) is 11.6 Å². The summed E-state index contributed by atoms with van der Waals surface area (Å²) >= 11 is 0. The Labute approximate surface area is 141 Å². The second-order valence-electron chi connectivity index (χ2n) is 5.08. The molecule has 0 aliphatic heterocycles. The van der Waals surface area contributed by atoms with Gasteiger partial charge < -0.3 is 4.74 Å². The van der Waals surface area contributed by atoms with E-state index in [4.69, 9.17) is 4.74 Å². The van der Waals surface area contributed by atoms with Gasteiger partial charge in [-0.05, 0) is 60.5 Å². The molecule has 2 rings (SSSR count). The Morgan fingerprint density at radius 2 is 1.79 bits per heavy atom. The van der Waals surface area contributed by atoms with Gasteiger partial charge in [-0.2, -0.15) is 13.5 Å². The van der Waals surface area contributed by atoms with Crippen LogP contribution in [0.4, 0.5) is 4.39 Å². The molecule has 128 valence electrons. The highest BCUT2D eigenvalue weighted by atomic mass is 32.2. The van der Waals surface area contributed by atoms with E-state index in [1.165, 1.54) is 18.3 Å². The first kappa shape index (κ1) is 17.9. The van der Waals surface area contributed by atoms with Crippen LogP contribution in [0.2, 0.25) is 0 Å². The molecule has 7 heteroatoms. The normalized spacial score (nSPS) is 11.6. The molecule has 2 aromatic rings. The van der Waals surface area contributed by atoms with Gasteiger partial charge in [-0.15, -0.1) is 0 Å². The van der Waals surface area contributed by atoms with Gasteiger partial charge in [0.2, 0.25) is 0 Å². The number of sulfonamides is 1. The molecule has 0 radical (unpaired) electrons. The largest absolute Gasteiger partial charge is 0.494 e. The van der Waals surface area contributed by atoms with Crippen LogP contribution >= 0.6 is 0 Å². The molecule has 0 heterocycles. The fourth-order valence-electron chi connectivity index (χ4n) is 1.82. The molecule has 5 nitrogen and oxygen atoms in total. The summed E-state index contributed by atoms with van der Waals surface area (Å²) < 4.78 is 42.3. The molecule has 0 fully saturated rings.